The molecular formula is C14H29N3S. The fourth-order valence-corrected chi connectivity index (χ4v) is 4.19. The van der Waals surface area contributed by atoms with Crippen molar-refractivity contribution >= 4 is 11.8 Å². The van der Waals surface area contributed by atoms with E-state index in [2.05, 4.69) is 41.0 Å². The van der Waals surface area contributed by atoms with Crippen LogP contribution in [0.15, 0.2) is 0 Å². The molecule has 0 aromatic heterocycles. The van der Waals surface area contributed by atoms with E-state index >= 15 is 0 Å². The lowest BCUT2D eigenvalue weighted by molar-refractivity contribution is 0.127. The Kier molecular flexibility index (Phi) is 6.29. The number of piperidine rings is 1. The van der Waals surface area contributed by atoms with Gasteiger partial charge in [0.15, 0.2) is 0 Å². The molecule has 0 aliphatic carbocycles. The Morgan fingerprint density at radius 1 is 1.11 bits per heavy atom. The first-order chi connectivity index (χ1) is 8.75. The van der Waals surface area contributed by atoms with Crippen molar-refractivity contribution in [2.45, 2.75) is 43.5 Å². The van der Waals surface area contributed by atoms with E-state index in [4.69, 9.17) is 0 Å². The summed E-state index contributed by atoms with van der Waals surface area (Å²) in [5, 5.41) is 4.60. The summed E-state index contributed by atoms with van der Waals surface area (Å²) in [4.78, 5) is 5.01. The van der Waals surface area contributed by atoms with Crippen LogP contribution in [0.5, 0.6) is 0 Å². The topological polar surface area (TPSA) is 18.5 Å². The van der Waals surface area contributed by atoms with Crippen molar-refractivity contribution in [2.75, 3.05) is 46.0 Å². The third kappa shape index (κ3) is 4.72. The lowest BCUT2D eigenvalue weighted by Gasteiger charge is -2.37. The molecule has 2 rings (SSSR count). The first-order valence-electron chi connectivity index (χ1n) is 7.49. The summed E-state index contributed by atoms with van der Waals surface area (Å²) >= 11 is 2.19. The Labute approximate surface area is 117 Å². The van der Waals surface area contributed by atoms with E-state index in [1.165, 1.54) is 64.0 Å². The van der Waals surface area contributed by atoms with Gasteiger partial charge in [-0.05, 0) is 58.5 Å². The van der Waals surface area contributed by atoms with E-state index in [0.29, 0.717) is 6.17 Å². The summed E-state index contributed by atoms with van der Waals surface area (Å²) in [6.07, 6.45) is 7.58. The number of thioether (sulfide) groups is 1. The molecule has 3 nitrogen and oxygen atoms in total. The van der Waals surface area contributed by atoms with Crippen molar-refractivity contribution in [1.29, 1.82) is 0 Å². The minimum atomic E-state index is 0.639. The van der Waals surface area contributed by atoms with Gasteiger partial charge in [-0.2, -0.15) is 11.8 Å². The fraction of sp³-hybridized carbons (Fsp3) is 1.00. The first kappa shape index (κ1) is 14.6. The highest BCUT2D eigenvalue weighted by atomic mass is 32.2. The molecule has 0 aromatic rings. The zero-order valence-corrected chi connectivity index (χ0v) is 12.8. The normalized spacial score (nSPS) is 29.3. The summed E-state index contributed by atoms with van der Waals surface area (Å²) in [5.41, 5.74) is 0. The zero-order valence-electron chi connectivity index (χ0n) is 12.0. The van der Waals surface area contributed by atoms with E-state index < -0.39 is 0 Å². The molecule has 2 aliphatic rings. The molecule has 2 aliphatic heterocycles. The Bertz CT molecular complexity index is 223. The van der Waals surface area contributed by atoms with Gasteiger partial charge in [0.2, 0.25) is 0 Å². The summed E-state index contributed by atoms with van der Waals surface area (Å²) in [6.45, 7) is 4.88. The number of hydrogen-bond donors (Lipinski definition) is 1. The van der Waals surface area contributed by atoms with Crippen LogP contribution < -0.4 is 5.32 Å². The highest BCUT2D eigenvalue weighted by molar-refractivity contribution is 8.00. The molecule has 2 atom stereocenters. The molecule has 0 saturated carbocycles. The van der Waals surface area contributed by atoms with Crippen molar-refractivity contribution in [3.63, 3.8) is 0 Å². The smallest absolute Gasteiger partial charge is 0.0597 e. The molecule has 2 heterocycles. The predicted molar refractivity (Wildman–Crippen MR) is 81.2 cm³/mol. The van der Waals surface area contributed by atoms with Crippen LogP contribution in [0.1, 0.15) is 32.1 Å². The van der Waals surface area contributed by atoms with Gasteiger partial charge in [-0.15, -0.1) is 0 Å². The second kappa shape index (κ2) is 7.73. The number of likely N-dealkylation sites (N-methyl/N-ethyl adjacent to an activating group) is 1. The van der Waals surface area contributed by atoms with E-state index in [9.17, 15) is 0 Å². The van der Waals surface area contributed by atoms with E-state index in [0.717, 1.165) is 5.25 Å². The second-order valence-electron chi connectivity index (χ2n) is 5.90. The predicted octanol–water partition coefficient (Wildman–Crippen LogP) is 1.85. The Hall–Kier alpha value is 0.230. The van der Waals surface area contributed by atoms with Crippen LogP contribution >= 0.6 is 11.8 Å². The lowest BCUT2D eigenvalue weighted by Crippen LogP contribution is -2.51. The third-order valence-corrected chi connectivity index (χ3v) is 5.40. The van der Waals surface area contributed by atoms with Crippen LogP contribution in [-0.2, 0) is 0 Å². The average molecular weight is 271 g/mol. The van der Waals surface area contributed by atoms with Gasteiger partial charge in [0.05, 0.1) is 6.17 Å². The molecule has 18 heavy (non-hydrogen) atoms. The molecule has 2 saturated heterocycles. The molecule has 1 N–H and O–H groups in total. The largest absolute Gasteiger partial charge is 0.308 e. The molecule has 0 aromatic carbocycles. The number of rotatable bonds is 6. The van der Waals surface area contributed by atoms with Crippen LogP contribution in [0, 0.1) is 0 Å². The van der Waals surface area contributed by atoms with Crippen molar-refractivity contribution in [1.82, 2.24) is 15.1 Å². The van der Waals surface area contributed by atoms with Gasteiger partial charge in [-0.3, -0.25) is 4.90 Å². The quantitative estimate of drug-likeness (QED) is 0.794. The maximum Gasteiger partial charge on any atom is 0.0597 e. The minimum absolute atomic E-state index is 0.639. The Morgan fingerprint density at radius 2 is 2.00 bits per heavy atom. The second-order valence-corrected chi connectivity index (χ2v) is 7.31. The molecule has 0 spiro atoms. The van der Waals surface area contributed by atoms with Crippen molar-refractivity contribution in [3.05, 3.63) is 0 Å². The van der Waals surface area contributed by atoms with Gasteiger partial charge in [-0.25, -0.2) is 0 Å². The minimum Gasteiger partial charge on any atom is -0.308 e. The van der Waals surface area contributed by atoms with E-state index in [1.54, 1.807) is 0 Å². The van der Waals surface area contributed by atoms with Crippen molar-refractivity contribution < 1.29 is 0 Å². The molecule has 0 radical (unpaired) electrons. The SMILES string of the molecule is CN(C)CCN(CC1CCCS1)C1CCCCN1. The van der Waals surface area contributed by atoms with Gasteiger partial charge in [0, 0.05) is 24.9 Å². The van der Waals surface area contributed by atoms with Gasteiger partial charge in [0.25, 0.3) is 0 Å². The van der Waals surface area contributed by atoms with E-state index in [1.807, 2.05) is 0 Å². The number of hydrogen-bond acceptors (Lipinski definition) is 4. The zero-order chi connectivity index (χ0) is 12.8. The third-order valence-electron chi connectivity index (χ3n) is 4.02. The molecule has 0 amide bonds. The maximum absolute atomic E-state index is 3.72. The maximum atomic E-state index is 3.72. The van der Waals surface area contributed by atoms with Crippen molar-refractivity contribution in [3.8, 4) is 0 Å². The molecule has 2 fully saturated rings. The van der Waals surface area contributed by atoms with Crippen LogP contribution in [0.4, 0.5) is 0 Å². The monoisotopic (exact) mass is 271 g/mol. The van der Waals surface area contributed by atoms with Crippen LogP contribution in [0.3, 0.4) is 0 Å². The van der Waals surface area contributed by atoms with Crippen molar-refractivity contribution in [2.24, 2.45) is 0 Å². The number of nitrogens with zero attached hydrogens (tertiary/aromatic N) is 2. The molecule has 4 heteroatoms. The molecule has 2 unspecified atom stereocenters. The summed E-state index contributed by atoms with van der Waals surface area (Å²) in [7, 11) is 4.35. The average Bonchev–Trinajstić information content (AvgIpc) is 2.88. The highest BCUT2D eigenvalue weighted by Crippen LogP contribution is 2.27. The Balaban J connectivity index is 1.83. The van der Waals surface area contributed by atoms with Gasteiger partial charge in [-0.1, -0.05) is 0 Å². The Morgan fingerprint density at radius 3 is 2.61 bits per heavy atom. The summed E-state index contributed by atoms with van der Waals surface area (Å²) in [6, 6.07) is 0. The van der Waals surface area contributed by atoms with Crippen LogP contribution in [0.25, 0.3) is 0 Å². The summed E-state index contributed by atoms with van der Waals surface area (Å²) < 4.78 is 0. The van der Waals surface area contributed by atoms with Gasteiger partial charge in [0.1, 0.15) is 0 Å². The standard InChI is InChI=1S/C14H29N3S/c1-16(2)9-10-17(12-13-6-5-11-18-13)14-7-3-4-8-15-14/h13-15H,3-12H2,1-2H3. The molecular weight excluding hydrogens is 242 g/mol. The lowest BCUT2D eigenvalue weighted by atomic mass is 10.1. The highest BCUT2D eigenvalue weighted by Gasteiger charge is 2.25. The fourth-order valence-electron chi connectivity index (χ4n) is 2.90. The van der Waals surface area contributed by atoms with Gasteiger partial charge >= 0.3 is 0 Å². The molecule has 106 valence electrons. The summed E-state index contributed by atoms with van der Waals surface area (Å²) in [5.74, 6) is 1.38. The van der Waals surface area contributed by atoms with Gasteiger partial charge < -0.3 is 10.2 Å². The molecule has 0 bridgehead atoms. The number of nitrogens with one attached hydrogen (secondary N) is 1. The van der Waals surface area contributed by atoms with Crippen LogP contribution in [0.2, 0.25) is 0 Å². The van der Waals surface area contributed by atoms with E-state index in [-0.39, 0.29) is 0 Å². The van der Waals surface area contributed by atoms with Crippen LogP contribution in [-0.4, -0.2) is 67.2 Å². The first-order valence-corrected chi connectivity index (χ1v) is 8.54.